The Hall–Kier alpha value is 0.646. The van der Waals surface area contributed by atoms with Gasteiger partial charge in [0.25, 0.3) is 0 Å². The zero-order valence-corrected chi connectivity index (χ0v) is 7.62. The predicted molar refractivity (Wildman–Crippen MR) is 15.3 cm³/mol. The fraction of sp³-hybridized carbons (Fsp3) is 0. The second-order valence-corrected chi connectivity index (χ2v) is 0.671. The van der Waals surface area contributed by atoms with Crippen LogP contribution in [0.25, 0.3) is 0 Å². The van der Waals surface area contributed by atoms with Gasteiger partial charge in [-0.2, -0.15) is 0 Å². The maximum atomic E-state index is 7.38. The van der Waals surface area contributed by atoms with Gasteiger partial charge in [-0.05, 0) is 0 Å². The quantitative estimate of drug-likeness (QED) is 0.386. The molecule has 0 rings (SSSR count). The van der Waals surface area contributed by atoms with E-state index < -0.39 is 0 Å². The number of rotatable bonds is 0. The van der Waals surface area contributed by atoms with Gasteiger partial charge in [0.15, 0.2) is 0 Å². The molecule has 0 fully saturated rings. The van der Waals surface area contributed by atoms with Crippen LogP contribution < -0.4 is 0 Å². The Kier molecular flexibility index (Phi) is 20.8. The topological polar surface area (TPSA) is 23.8 Å². The molecule has 0 aliphatic carbocycles. The van der Waals surface area contributed by atoms with Gasteiger partial charge in [-0.15, -0.1) is 0 Å². The average molecular weight is 121 g/mol. The number of nitriles is 1. The van der Waals surface area contributed by atoms with Crippen LogP contribution in [0.5, 0.6) is 0 Å². The molecule has 4 heavy (non-hydrogen) atoms. The Labute approximate surface area is 47.7 Å². The van der Waals surface area contributed by atoms with E-state index >= 15 is 0 Å². The Bertz CT molecular complexity index is 33.1. The zero-order valence-electron chi connectivity index (χ0n) is 3.65. The maximum Gasteiger partial charge on any atom is 1.00 e. The largest absolute Gasteiger partial charge is 1.00 e. The summed E-state index contributed by atoms with van der Waals surface area (Å²) in [5.41, 5.74) is 0. The van der Waals surface area contributed by atoms with Crippen molar-refractivity contribution in [3.8, 4) is 4.93 Å². The van der Waals surface area contributed by atoms with Crippen molar-refractivity contribution in [3.05, 3.63) is 0 Å². The van der Waals surface area contributed by atoms with Gasteiger partial charge in [0.2, 0.25) is 0 Å². The molecule has 0 spiro atoms. The van der Waals surface area contributed by atoms with E-state index in [1.807, 2.05) is 4.93 Å². The third-order valence-electron chi connectivity index (χ3n) is 0. The molecule has 0 amide bonds. The summed E-state index contributed by atoms with van der Waals surface area (Å²) in [5, 5.41) is 7.38. The Balaban J connectivity index is -0.0000000200. The molecule has 0 aromatic rings. The van der Waals surface area contributed by atoms with Gasteiger partial charge in [0.05, 0.1) is 0 Å². The van der Waals surface area contributed by atoms with Crippen molar-refractivity contribution in [2.45, 2.75) is 0 Å². The molecule has 1 nitrogen and oxygen atoms in total. The minimum Gasteiger partial charge on any atom is -0.226 e. The van der Waals surface area contributed by atoms with Crippen molar-refractivity contribution in [1.29, 1.82) is 5.26 Å². The van der Waals surface area contributed by atoms with Crippen LogP contribution in [-0.4, -0.2) is 16.3 Å². The van der Waals surface area contributed by atoms with E-state index in [9.17, 15) is 0 Å². The molecule has 0 aliphatic rings. The SMILES string of the molecule is N#[C][AlH2].[H+].[Zn]. The Morgan fingerprint density at radius 3 is 2.00 bits per heavy atom. The van der Waals surface area contributed by atoms with E-state index in [0.29, 0.717) is 16.3 Å². The van der Waals surface area contributed by atoms with Crippen molar-refractivity contribution in [2.75, 3.05) is 0 Å². The molecule has 0 bridgehead atoms. The van der Waals surface area contributed by atoms with Gasteiger partial charge in [-0.3, -0.25) is 0 Å². The summed E-state index contributed by atoms with van der Waals surface area (Å²) in [4.78, 5) is 1.89. The van der Waals surface area contributed by atoms with Crippen molar-refractivity contribution in [1.82, 2.24) is 0 Å². The van der Waals surface area contributed by atoms with Gasteiger partial charge in [-0.1, -0.05) is 4.93 Å². The Morgan fingerprint density at radius 2 is 2.00 bits per heavy atom. The number of hydrogen-bond donors (Lipinski definition) is 0. The Morgan fingerprint density at radius 1 is 2.00 bits per heavy atom. The number of nitrogens with zero attached hydrogens (tertiary/aromatic N) is 1. The fourth-order valence-corrected chi connectivity index (χ4v) is 0. The normalized spacial score (nSPS) is 1.75. The van der Waals surface area contributed by atoms with Crippen LogP contribution in [0.1, 0.15) is 1.43 Å². The van der Waals surface area contributed by atoms with E-state index in [4.69, 9.17) is 5.26 Å². The molecule has 16 valence electrons. The summed E-state index contributed by atoms with van der Waals surface area (Å²) >= 11 is 0.674. The summed E-state index contributed by atoms with van der Waals surface area (Å²) in [6, 6.07) is 0. The molecule has 0 N–H and O–H groups in total. The third kappa shape index (κ3) is 17.2. The monoisotopic (exact) mass is 120 g/mol. The van der Waals surface area contributed by atoms with Crippen LogP contribution >= 0.6 is 0 Å². The maximum absolute atomic E-state index is 7.38. The first kappa shape index (κ1) is 8.82. The van der Waals surface area contributed by atoms with Crippen LogP contribution in [0.4, 0.5) is 0 Å². The summed E-state index contributed by atoms with van der Waals surface area (Å²) in [7, 11) is 0. The molecular formula is CH3AlNZn+. The first-order chi connectivity index (χ1) is 1.41. The molecule has 0 radical (unpaired) electrons. The molecule has 3 heteroatoms. The second-order valence-electron chi connectivity index (χ2n) is 0.224. The van der Waals surface area contributed by atoms with Crippen molar-refractivity contribution in [2.24, 2.45) is 0 Å². The average Bonchev–Trinajstić information content (AvgIpc) is 0.918. The summed E-state index contributed by atoms with van der Waals surface area (Å²) in [6.45, 7) is 0. The fourth-order valence-electron chi connectivity index (χ4n) is 0. The van der Waals surface area contributed by atoms with E-state index in [-0.39, 0.29) is 20.9 Å². The van der Waals surface area contributed by atoms with Crippen LogP contribution in [0.3, 0.4) is 0 Å². The van der Waals surface area contributed by atoms with Crippen LogP contribution in [0.2, 0.25) is 0 Å². The predicted octanol–water partition coefficient (Wildman–Crippen LogP) is -0.789. The van der Waals surface area contributed by atoms with Crippen LogP contribution in [-0.2, 0) is 19.5 Å². The first-order valence-electron chi connectivity index (χ1n) is 0.724. The molecule has 0 unspecified atom stereocenters. The van der Waals surface area contributed by atoms with Gasteiger partial charge in [0.1, 0.15) is 0 Å². The van der Waals surface area contributed by atoms with Crippen molar-refractivity contribution >= 4 is 16.3 Å². The van der Waals surface area contributed by atoms with Crippen LogP contribution in [0, 0.1) is 10.2 Å². The minimum absolute atomic E-state index is 0. The summed E-state index contributed by atoms with van der Waals surface area (Å²) in [5.74, 6) is 0. The molecule has 0 heterocycles. The van der Waals surface area contributed by atoms with Gasteiger partial charge >= 0.3 is 17.7 Å². The number of hydrogen-bond acceptors (Lipinski definition) is 1. The van der Waals surface area contributed by atoms with Crippen molar-refractivity contribution in [3.63, 3.8) is 0 Å². The van der Waals surface area contributed by atoms with Gasteiger partial charge < -0.3 is 0 Å². The van der Waals surface area contributed by atoms with Crippen LogP contribution in [0.15, 0.2) is 0 Å². The van der Waals surface area contributed by atoms with E-state index in [1.54, 1.807) is 0 Å². The minimum atomic E-state index is 0. The summed E-state index contributed by atoms with van der Waals surface area (Å²) in [6.07, 6.45) is 0. The standard InChI is InChI=1S/CN.Al.Zn.2H/c1-2;;;;/p+1. The smallest absolute Gasteiger partial charge is 0.226 e. The van der Waals surface area contributed by atoms with Gasteiger partial charge in [0, 0.05) is 19.5 Å². The molecule has 0 saturated carbocycles. The molecule has 0 atom stereocenters. The zero-order chi connectivity index (χ0) is 2.71. The molecule has 0 aliphatic heterocycles. The van der Waals surface area contributed by atoms with E-state index in [2.05, 4.69) is 0 Å². The van der Waals surface area contributed by atoms with E-state index in [1.165, 1.54) is 0 Å². The molecule has 0 aromatic heterocycles. The summed E-state index contributed by atoms with van der Waals surface area (Å²) < 4.78 is 0. The van der Waals surface area contributed by atoms with Gasteiger partial charge in [-0.25, -0.2) is 5.26 Å². The first-order valence-corrected chi connectivity index (χ1v) is 1.72. The molecular weight excluding hydrogens is 118 g/mol. The second kappa shape index (κ2) is 9.42. The molecule has 0 saturated heterocycles. The van der Waals surface area contributed by atoms with E-state index in [0.717, 1.165) is 0 Å². The third-order valence-corrected chi connectivity index (χ3v) is 0. The molecule has 0 aromatic carbocycles. The van der Waals surface area contributed by atoms with Crippen molar-refractivity contribution < 1.29 is 20.9 Å².